The molecular weight excluding hydrogens is 182 g/mol. The van der Waals surface area contributed by atoms with E-state index >= 15 is 0 Å². The highest BCUT2D eigenvalue weighted by atomic mass is 32.2. The van der Waals surface area contributed by atoms with E-state index in [1.807, 2.05) is 11.8 Å². The molecule has 2 nitrogen and oxygen atoms in total. The lowest BCUT2D eigenvalue weighted by Crippen LogP contribution is -2.31. The summed E-state index contributed by atoms with van der Waals surface area (Å²) in [6.07, 6.45) is 3.74. The maximum absolute atomic E-state index is 11.6. The number of nitrogens with zero attached hydrogens (tertiary/aromatic N) is 1. The number of amides is 1. The number of thioether (sulfide) groups is 1. The maximum atomic E-state index is 11.6. The largest absolute Gasteiger partial charge is 0.333 e. The second kappa shape index (κ2) is 5.53. The van der Waals surface area contributed by atoms with E-state index in [1.165, 1.54) is 31.0 Å². The zero-order valence-corrected chi connectivity index (χ0v) is 9.40. The minimum Gasteiger partial charge on any atom is -0.333 e. The van der Waals surface area contributed by atoms with E-state index in [4.69, 9.17) is 0 Å². The van der Waals surface area contributed by atoms with Crippen LogP contribution in [0.2, 0.25) is 0 Å². The van der Waals surface area contributed by atoms with Gasteiger partial charge in [-0.1, -0.05) is 32.0 Å². The monoisotopic (exact) mass is 201 g/mol. The Balaban J connectivity index is 2.42. The Kier molecular flexibility index (Phi) is 4.64. The quantitative estimate of drug-likeness (QED) is 0.650. The highest BCUT2D eigenvalue weighted by Crippen LogP contribution is 2.19. The van der Waals surface area contributed by atoms with Gasteiger partial charge in [-0.25, -0.2) is 0 Å². The number of likely N-dealkylation sites (tertiary alicyclic amines) is 1. The molecule has 1 saturated heterocycles. The SMILES string of the molecule is CCSC(=O)N1CCCCC(C)C1. The third kappa shape index (κ3) is 3.59. The van der Waals surface area contributed by atoms with Crippen LogP contribution in [0.15, 0.2) is 0 Å². The predicted octanol–water partition coefficient (Wildman–Crippen LogP) is 2.98. The molecule has 0 N–H and O–H groups in total. The van der Waals surface area contributed by atoms with Crippen LogP contribution >= 0.6 is 11.8 Å². The van der Waals surface area contributed by atoms with Crippen LogP contribution in [0.1, 0.15) is 33.1 Å². The zero-order valence-electron chi connectivity index (χ0n) is 8.58. The first-order valence-corrected chi connectivity index (χ1v) is 6.14. The number of hydrogen-bond donors (Lipinski definition) is 0. The third-order valence-corrected chi connectivity index (χ3v) is 3.23. The lowest BCUT2D eigenvalue weighted by molar-refractivity contribution is 0.219. The lowest BCUT2D eigenvalue weighted by Gasteiger charge is -2.21. The van der Waals surface area contributed by atoms with Crippen molar-refractivity contribution >= 4 is 17.0 Å². The fourth-order valence-corrected chi connectivity index (χ4v) is 2.33. The molecule has 0 saturated carbocycles. The fourth-order valence-electron chi connectivity index (χ4n) is 1.73. The molecule has 13 heavy (non-hydrogen) atoms. The average molecular weight is 201 g/mol. The summed E-state index contributed by atoms with van der Waals surface area (Å²) in [5, 5.41) is 0.274. The molecule has 1 amide bonds. The van der Waals surface area contributed by atoms with Crippen LogP contribution in [-0.2, 0) is 0 Å². The van der Waals surface area contributed by atoms with Crippen LogP contribution in [0.3, 0.4) is 0 Å². The highest BCUT2D eigenvalue weighted by molar-refractivity contribution is 8.13. The van der Waals surface area contributed by atoms with Gasteiger partial charge in [0.25, 0.3) is 5.24 Å². The summed E-state index contributed by atoms with van der Waals surface area (Å²) in [7, 11) is 0. The summed E-state index contributed by atoms with van der Waals surface area (Å²) in [4.78, 5) is 13.6. The molecule has 1 rings (SSSR count). The smallest absolute Gasteiger partial charge is 0.281 e. The summed E-state index contributed by atoms with van der Waals surface area (Å²) >= 11 is 1.44. The Morgan fingerprint density at radius 1 is 1.54 bits per heavy atom. The van der Waals surface area contributed by atoms with Crippen LogP contribution in [0.5, 0.6) is 0 Å². The number of carbonyl (C=O) groups is 1. The molecule has 1 heterocycles. The van der Waals surface area contributed by atoms with Crippen molar-refractivity contribution in [2.24, 2.45) is 5.92 Å². The minimum absolute atomic E-state index is 0.274. The van der Waals surface area contributed by atoms with E-state index < -0.39 is 0 Å². The van der Waals surface area contributed by atoms with Crippen molar-refractivity contribution in [3.05, 3.63) is 0 Å². The van der Waals surface area contributed by atoms with Gasteiger partial charge in [-0.05, 0) is 24.5 Å². The van der Waals surface area contributed by atoms with E-state index in [0.717, 1.165) is 18.8 Å². The summed E-state index contributed by atoms with van der Waals surface area (Å²) in [6.45, 7) is 6.20. The average Bonchev–Trinajstić information content (AvgIpc) is 2.30. The normalized spacial score (nSPS) is 24.2. The van der Waals surface area contributed by atoms with Gasteiger partial charge in [0.05, 0.1) is 0 Å². The van der Waals surface area contributed by atoms with E-state index in [-0.39, 0.29) is 5.24 Å². The molecule has 3 heteroatoms. The summed E-state index contributed by atoms with van der Waals surface area (Å²) < 4.78 is 0. The van der Waals surface area contributed by atoms with E-state index in [1.54, 1.807) is 0 Å². The van der Waals surface area contributed by atoms with Gasteiger partial charge >= 0.3 is 0 Å². The number of carbonyl (C=O) groups excluding carboxylic acids is 1. The number of hydrogen-bond acceptors (Lipinski definition) is 2. The van der Waals surface area contributed by atoms with E-state index in [2.05, 4.69) is 6.92 Å². The van der Waals surface area contributed by atoms with Gasteiger partial charge in [0.2, 0.25) is 0 Å². The van der Waals surface area contributed by atoms with Crippen molar-refractivity contribution in [1.82, 2.24) is 4.90 Å². The van der Waals surface area contributed by atoms with Gasteiger partial charge in [0.15, 0.2) is 0 Å². The second-order valence-corrected chi connectivity index (χ2v) is 4.96. The van der Waals surface area contributed by atoms with Gasteiger partial charge in [0.1, 0.15) is 0 Å². The van der Waals surface area contributed by atoms with Crippen molar-refractivity contribution in [3.8, 4) is 0 Å². The second-order valence-electron chi connectivity index (χ2n) is 3.75. The first-order valence-electron chi connectivity index (χ1n) is 5.15. The van der Waals surface area contributed by atoms with Gasteiger partial charge in [-0.15, -0.1) is 0 Å². The Bertz CT molecular complexity index is 172. The Morgan fingerprint density at radius 3 is 3.00 bits per heavy atom. The van der Waals surface area contributed by atoms with Crippen LogP contribution in [-0.4, -0.2) is 29.0 Å². The Morgan fingerprint density at radius 2 is 2.31 bits per heavy atom. The van der Waals surface area contributed by atoms with Gasteiger partial charge in [0, 0.05) is 13.1 Å². The molecule has 0 aliphatic carbocycles. The summed E-state index contributed by atoms with van der Waals surface area (Å²) in [5.41, 5.74) is 0. The highest BCUT2D eigenvalue weighted by Gasteiger charge is 2.18. The van der Waals surface area contributed by atoms with Crippen LogP contribution in [0.4, 0.5) is 4.79 Å². The van der Waals surface area contributed by atoms with Gasteiger partial charge in [-0.2, -0.15) is 0 Å². The molecule has 0 bridgehead atoms. The van der Waals surface area contributed by atoms with E-state index in [9.17, 15) is 4.79 Å². The fraction of sp³-hybridized carbons (Fsp3) is 0.900. The molecule has 0 aromatic heterocycles. The van der Waals surface area contributed by atoms with Crippen molar-refractivity contribution in [2.45, 2.75) is 33.1 Å². The number of rotatable bonds is 1. The minimum atomic E-state index is 0.274. The molecule has 76 valence electrons. The zero-order chi connectivity index (χ0) is 9.68. The Labute approximate surface area is 85.1 Å². The lowest BCUT2D eigenvalue weighted by atomic mass is 10.1. The standard InChI is InChI=1S/C10H19NOS/c1-3-13-10(12)11-7-5-4-6-9(2)8-11/h9H,3-8H2,1-2H3. The first kappa shape index (κ1) is 10.9. The van der Waals surface area contributed by atoms with Crippen LogP contribution in [0, 0.1) is 5.92 Å². The Hall–Kier alpha value is -0.180. The summed E-state index contributed by atoms with van der Waals surface area (Å²) in [5.74, 6) is 1.58. The predicted molar refractivity (Wildman–Crippen MR) is 58.1 cm³/mol. The van der Waals surface area contributed by atoms with Crippen LogP contribution < -0.4 is 0 Å². The molecule has 0 aromatic rings. The molecule has 0 radical (unpaired) electrons. The molecular formula is C10H19NOS. The molecule has 1 aliphatic rings. The molecule has 1 atom stereocenters. The maximum Gasteiger partial charge on any atom is 0.281 e. The van der Waals surface area contributed by atoms with Crippen molar-refractivity contribution in [3.63, 3.8) is 0 Å². The summed E-state index contributed by atoms with van der Waals surface area (Å²) in [6, 6.07) is 0. The van der Waals surface area contributed by atoms with Crippen LogP contribution in [0.25, 0.3) is 0 Å². The molecule has 1 fully saturated rings. The van der Waals surface area contributed by atoms with Crippen molar-refractivity contribution < 1.29 is 4.79 Å². The van der Waals surface area contributed by atoms with Crippen molar-refractivity contribution in [1.29, 1.82) is 0 Å². The topological polar surface area (TPSA) is 20.3 Å². The van der Waals surface area contributed by atoms with E-state index in [0.29, 0.717) is 5.92 Å². The first-order chi connectivity index (χ1) is 6.24. The van der Waals surface area contributed by atoms with Gasteiger partial charge < -0.3 is 4.90 Å². The molecule has 0 aromatic carbocycles. The molecule has 1 unspecified atom stereocenters. The molecule has 1 aliphatic heterocycles. The molecule has 0 spiro atoms. The van der Waals surface area contributed by atoms with Gasteiger partial charge in [-0.3, -0.25) is 4.79 Å². The van der Waals surface area contributed by atoms with Crippen molar-refractivity contribution in [2.75, 3.05) is 18.8 Å². The third-order valence-electron chi connectivity index (χ3n) is 2.43.